The zero-order valence-electron chi connectivity index (χ0n) is 30.2. The van der Waals surface area contributed by atoms with Crippen LogP contribution in [0.4, 0.5) is 17.1 Å². The Kier molecular flexibility index (Phi) is 5.83. The number of benzene rings is 9. The molecule has 9 aromatic carbocycles. The number of hydrogen-bond acceptors (Lipinski definition) is 3. The molecule has 260 valence electrons. The van der Waals surface area contributed by atoms with Gasteiger partial charge in [0.1, 0.15) is 16.7 Å². The largest absolute Gasteiger partial charge is 0.455 e. The number of furan rings is 2. The maximum atomic E-state index is 7.00. The van der Waals surface area contributed by atoms with Crippen LogP contribution >= 0.6 is 0 Å². The van der Waals surface area contributed by atoms with E-state index >= 15 is 0 Å². The van der Waals surface area contributed by atoms with Gasteiger partial charge in [0.25, 0.3) is 0 Å². The molecule has 0 saturated carbocycles. The summed E-state index contributed by atoms with van der Waals surface area (Å²) < 4.78 is 13.7. The third-order valence-electron chi connectivity index (χ3n) is 12.5. The van der Waals surface area contributed by atoms with Gasteiger partial charge in [-0.1, -0.05) is 158 Å². The minimum atomic E-state index is -0.473. The highest BCUT2D eigenvalue weighted by atomic mass is 16.3. The first kappa shape index (κ1) is 30.0. The first-order chi connectivity index (χ1) is 27.8. The SMILES string of the molecule is c1ccc2c(c1)-c1ccccc1C21c2ccccc2-c2c(N(c3cccc4ccccc34)c3cc4c5ccccc5oc4c4c3oc3ccccc34)cccc21. The Balaban J connectivity index is 1.22. The molecule has 2 heterocycles. The molecule has 11 aromatic rings. The van der Waals surface area contributed by atoms with Gasteiger partial charge in [-0.25, -0.2) is 0 Å². The number of fused-ring (bicyclic) bond motifs is 18. The molecular weight excluding hydrogens is 683 g/mol. The quantitative estimate of drug-likeness (QED) is 0.183. The number of nitrogens with zero attached hydrogens (tertiary/aromatic N) is 1. The molecular formula is C53H31NO2. The van der Waals surface area contributed by atoms with Gasteiger partial charge in [0.15, 0.2) is 5.58 Å². The number of para-hydroxylation sites is 2. The van der Waals surface area contributed by atoms with Gasteiger partial charge in [-0.15, -0.1) is 0 Å². The van der Waals surface area contributed by atoms with Gasteiger partial charge >= 0.3 is 0 Å². The Bertz CT molecular complexity index is 3400. The van der Waals surface area contributed by atoms with Crippen molar-refractivity contribution in [2.45, 2.75) is 5.41 Å². The third-order valence-corrected chi connectivity index (χ3v) is 12.5. The fourth-order valence-corrected chi connectivity index (χ4v) is 10.3. The molecule has 0 atom stereocenters. The van der Waals surface area contributed by atoms with Gasteiger partial charge in [-0.05, 0) is 74.7 Å². The second-order valence-electron chi connectivity index (χ2n) is 15.1. The molecule has 13 rings (SSSR count). The molecule has 1 spiro atoms. The summed E-state index contributed by atoms with van der Waals surface area (Å²) in [7, 11) is 0. The number of rotatable bonds is 3. The highest BCUT2D eigenvalue weighted by molar-refractivity contribution is 6.26. The van der Waals surface area contributed by atoms with Crippen LogP contribution < -0.4 is 4.90 Å². The fourth-order valence-electron chi connectivity index (χ4n) is 10.3. The van der Waals surface area contributed by atoms with Gasteiger partial charge in [0, 0.05) is 27.1 Å². The Morgan fingerprint density at radius 1 is 0.357 bits per heavy atom. The zero-order valence-corrected chi connectivity index (χ0v) is 30.2. The molecule has 0 bridgehead atoms. The fraction of sp³-hybridized carbons (Fsp3) is 0.0189. The van der Waals surface area contributed by atoms with Crippen LogP contribution in [0.1, 0.15) is 22.3 Å². The molecule has 0 saturated heterocycles. The lowest BCUT2D eigenvalue weighted by Crippen LogP contribution is -2.26. The molecule has 2 aliphatic rings. The van der Waals surface area contributed by atoms with Crippen molar-refractivity contribution in [3.05, 3.63) is 210 Å². The molecule has 0 fully saturated rings. The van der Waals surface area contributed by atoms with Crippen LogP contribution in [0.25, 0.3) is 76.9 Å². The normalized spacial score (nSPS) is 13.5. The predicted octanol–water partition coefficient (Wildman–Crippen LogP) is 14.5. The summed E-state index contributed by atoms with van der Waals surface area (Å²) in [6.07, 6.45) is 0. The van der Waals surface area contributed by atoms with E-state index in [-0.39, 0.29) is 0 Å². The highest BCUT2D eigenvalue weighted by Crippen LogP contribution is 2.65. The first-order valence-corrected chi connectivity index (χ1v) is 19.3. The Morgan fingerprint density at radius 3 is 1.64 bits per heavy atom. The summed E-state index contributed by atoms with van der Waals surface area (Å²) in [4.78, 5) is 2.47. The van der Waals surface area contributed by atoms with E-state index < -0.39 is 5.41 Å². The van der Waals surface area contributed by atoms with E-state index in [1.54, 1.807) is 0 Å². The Hall–Kier alpha value is -7.36. The summed E-state index contributed by atoms with van der Waals surface area (Å²) in [5.41, 5.74) is 16.3. The van der Waals surface area contributed by atoms with E-state index in [0.29, 0.717) is 0 Å². The molecule has 56 heavy (non-hydrogen) atoms. The van der Waals surface area contributed by atoms with Crippen LogP contribution in [0, 0.1) is 0 Å². The summed E-state index contributed by atoms with van der Waals surface area (Å²) in [6, 6.07) is 68.3. The monoisotopic (exact) mass is 713 g/mol. The van der Waals surface area contributed by atoms with Crippen LogP contribution in [0.3, 0.4) is 0 Å². The molecule has 0 aliphatic heterocycles. The number of hydrogen-bond donors (Lipinski definition) is 0. The Labute approximate surface area is 322 Å². The minimum absolute atomic E-state index is 0.473. The molecule has 0 radical (unpaired) electrons. The van der Waals surface area contributed by atoms with Crippen molar-refractivity contribution in [3.63, 3.8) is 0 Å². The van der Waals surface area contributed by atoms with Gasteiger partial charge in [-0.2, -0.15) is 0 Å². The van der Waals surface area contributed by atoms with Crippen molar-refractivity contribution < 1.29 is 8.83 Å². The van der Waals surface area contributed by atoms with E-state index in [0.717, 1.165) is 66.3 Å². The van der Waals surface area contributed by atoms with E-state index in [1.807, 2.05) is 12.1 Å². The molecule has 2 aliphatic carbocycles. The molecule has 3 heteroatoms. The Morgan fingerprint density at radius 2 is 0.875 bits per heavy atom. The van der Waals surface area contributed by atoms with Crippen molar-refractivity contribution in [2.24, 2.45) is 0 Å². The van der Waals surface area contributed by atoms with Gasteiger partial charge in [0.05, 0.1) is 27.9 Å². The van der Waals surface area contributed by atoms with E-state index in [2.05, 4.69) is 181 Å². The van der Waals surface area contributed by atoms with Crippen molar-refractivity contribution in [2.75, 3.05) is 4.90 Å². The van der Waals surface area contributed by atoms with Crippen LogP contribution in [0.5, 0.6) is 0 Å². The lowest BCUT2D eigenvalue weighted by Gasteiger charge is -2.32. The van der Waals surface area contributed by atoms with Crippen molar-refractivity contribution in [1.29, 1.82) is 0 Å². The summed E-state index contributed by atoms with van der Waals surface area (Å²) in [5.74, 6) is 0. The van der Waals surface area contributed by atoms with E-state index in [9.17, 15) is 0 Å². The van der Waals surface area contributed by atoms with Gasteiger partial charge in [-0.3, -0.25) is 0 Å². The van der Waals surface area contributed by atoms with Crippen molar-refractivity contribution in [1.82, 2.24) is 0 Å². The van der Waals surface area contributed by atoms with Crippen LogP contribution in [0.2, 0.25) is 0 Å². The lowest BCUT2D eigenvalue weighted by molar-refractivity contribution is 0.663. The van der Waals surface area contributed by atoms with E-state index in [4.69, 9.17) is 8.83 Å². The topological polar surface area (TPSA) is 29.5 Å². The summed E-state index contributed by atoms with van der Waals surface area (Å²) in [5, 5.41) is 6.49. The molecule has 0 N–H and O–H groups in total. The second-order valence-corrected chi connectivity index (χ2v) is 15.1. The van der Waals surface area contributed by atoms with Crippen molar-refractivity contribution >= 4 is 71.7 Å². The third kappa shape index (κ3) is 3.67. The molecule has 3 nitrogen and oxygen atoms in total. The molecule has 2 aromatic heterocycles. The van der Waals surface area contributed by atoms with Crippen molar-refractivity contribution in [3.8, 4) is 22.3 Å². The molecule has 0 amide bonds. The zero-order chi connectivity index (χ0) is 36.5. The average molecular weight is 714 g/mol. The highest BCUT2D eigenvalue weighted by Gasteiger charge is 2.52. The summed E-state index contributed by atoms with van der Waals surface area (Å²) >= 11 is 0. The van der Waals surface area contributed by atoms with Gasteiger partial charge < -0.3 is 13.7 Å². The maximum Gasteiger partial charge on any atom is 0.163 e. The second kappa shape index (κ2) is 10.9. The predicted molar refractivity (Wildman–Crippen MR) is 229 cm³/mol. The minimum Gasteiger partial charge on any atom is -0.455 e. The number of anilines is 3. The van der Waals surface area contributed by atoms with E-state index in [1.165, 1.54) is 49.9 Å². The maximum absolute atomic E-state index is 7.00. The van der Waals surface area contributed by atoms with Gasteiger partial charge in [0.2, 0.25) is 0 Å². The smallest absolute Gasteiger partial charge is 0.163 e. The standard InChI is InChI=1S/C53H31NO2/c1-2-17-33-32(15-1)16-13-27-44(33)54(46-31-39-36-20-6-11-29-47(36)55-51(39)50-38-22-7-12-30-48(38)56-52(46)50)45-28-14-26-43-49(45)37-21-5-10-25-42(37)53(43)40-23-8-3-18-34(40)35-19-4-9-24-41(35)53/h1-31H. The lowest BCUT2D eigenvalue weighted by atomic mass is 9.70. The van der Waals surface area contributed by atoms with Crippen LogP contribution in [-0.2, 0) is 5.41 Å². The average Bonchev–Trinajstić information content (AvgIpc) is 4.00. The summed E-state index contributed by atoms with van der Waals surface area (Å²) in [6.45, 7) is 0. The first-order valence-electron chi connectivity index (χ1n) is 19.3. The molecule has 0 unspecified atom stereocenters. The van der Waals surface area contributed by atoms with Crippen LogP contribution in [-0.4, -0.2) is 0 Å². The van der Waals surface area contributed by atoms with Crippen LogP contribution in [0.15, 0.2) is 197 Å².